The Kier molecular flexibility index (Phi) is 9.71. The highest BCUT2D eigenvalue weighted by Gasteiger charge is 2.08. The van der Waals surface area contributed by atoms with Crippen LogP contribution in [-0.2, 0) is 11.2 Å². The van der Waals surface area contributed by atoms with Gasteiger partial charge in [-0.1, -0.05) is 0 Å². The molecule has 2 rings (SSSR count). The zero-order valence-electron chi connectivity index (χ0n) is 13.4. The van der Waals surface area contributed by atoms with E-state index in [0.717, 1.165) is 58.5 Å². The first-order chi connectivity index (χ1) is 10.2. The Bertz CT molecular complexity index is 433. The molecule has 0 bridgehead atoms. The molecule has 1 amide bonds. The predicted molar refractivity (Wildman–Crippen MR) is 96.2 cm³/mol. The molecule has 126 valence electrons. The van der Waals surface area contributed by atoms with E-state index < -0.39 is 0 Å². The van der Waals surface area contributed by atoms with Gasteiger partial charge in [0.15, 0.2) is 0 Å². The molecule has 0 aliphatic carbocycles. The molecular weight excluding hydrogens is 318 g/mol. The molecule has 1 aliphatic rings. The van der Waals surface area contributed by atoms with Gasteiger partial charge in [-0.2, -0.15) is 0 Å². The smallest absolute Gasteiger partial charge is 0.220 e. The second-order valence-electron chi connectivity index (χ2n) is 5.66. The van der Waals surface area contributed by atoms with E-state index in [-0.39, 0.29) is 18.3 Å². The number of nitrogens with zero attached hydrogens (tertiary/aromatic N) is 1. The molecule has 0 saturated carbocycles. The maximum atomic E-state index is 11.8. The highest BCUT2D eigenvalue weighted by Crippen LogP contribution is 2.17. The summed E-state index contributed by atoms with van der Waals surface area (Å²) in [5.41, 5.74) is 0. The quantitative estimate of drug-likeness (QED) is 0.710. The third-order valence-electron chi connectivity index (χ3n) is 3.81. The van der Waals surface area contributed by atoms with E-state index in [4.69, 9.17) is 0 Å². The zero-order valence-corrected chi connectivity index (χ0v) is 15.0. The number of rotatable bonds is 8. The average molecular weight is 346 g/mol. The van der Waals surface area contributed by atoms with Crippen molar-refractivity contribution in [3.8, 4) is 0 Å². The third-order valence-corrected chi connectivity index (χ3v) is 4.87. The van der Waals surface area contributed by atoms with E-state index in [1.807, 2.05) is 11.3 Å². The number of carbonyl (C=O) groups is 1. The fourth-order valence-electron chi connectivity index (χ4n) is 2.60. The average Bonchev–Trinajstić information content (AvgIpc) is 2.90. The Balaban J connectivity index is 0.00000242. The topological polar surface area (TPSA) is 44.4 Å². The zero-order chi connectivity index (χ0) is 14.9. The predicted octanol–water partition coefficient (Wildman–Crippen LogP) is 2.21. The lowest BCUT2D eigenvalue weighted by atomic mass is 10.2. The molecule has 1 aliphatic heterocycles. The second-order valence-corrected chi connectivity index (χ2v) is 7.03. The summed E-state index contributed by atoms with van der Waals surface area (Å²) in [6, 6.07) is 4.32. The number of carbonyl (C=O) groups excluding carboxylic acids is 1. The van der Waals surface area contributed by atoms with Crippen LogP contribution in [0, 0.1) is 6.92 Å². The minimum absolute atomic E-state index is 0. The van der Waals surface area contributed by atoms with Crippen LogP contribution in [0.1, 0.15) is 29.0 Å². The van der Waals surface area contributed by atoms with Crippen LogP contribution in [0.2, 0.25) is 0 Å². The van der Waals surface area contributed by atoms with Crippen LogP contribution in [0.25, 0.3) is 0 Å². The van der Waals surface area contributed by atoms with Crippen molar-refractivity contribution in [2.24, 2.45) is 0 Å². The minimum Gasteiger partial charge on any atom is -0.356 e. The van der Waals surface area contributed by atoms with E-state index in [1.165, 1.54) is 9.75 Å². The fourth-order valence-corrected chi connectivity index (χ4v) is 3.53. The van der Waals surface area contributed by atoms with Gasteiger partial charge >= 0.3 is 0 Å². The Morgan fingerprint density at radius 2 is 2.09 bits per heavy atom. The van der Waals surface area contributed by atoms with Gasteiger partial charge in [0.2, 0.25) is 5.91 Å². The van der Waals surface area contributed by atoms with Crippen molar-refractivity contribution in [2.45, 2.75) is 32.6 Å². The molecule has 0 aromatic carbocycles. The molecule has 1 aromatic rings. The highest BCUT2D eigenvalue weighted by molar-refractivity contribution is 7.11. The summed E-state index contributed by atoms with van der Waals surface area (Å²) in [5.74, 6) is 0.198. The molecule has 1 fully saturated rings. The van der Waals surface area contributed by atoms with E-state index in [1.54, 1.807) is 0 Å². The first kappa shape index (κ1) is 19.4. The number of hydrogen-bond acceptors (Lipinski definition) is 4. The van der Waals surface area contributed by atoms with Gasteiger partial charge in [-0.05, 0) is 44.9 Å². The Hall–Kier alpha value is -0.620. The van der Waals surface area contributed by atoms with Gasteiger partial charge in [-0.3, -0.25) is 4.79 Å². The standard InChI is InChI=1S/C16H27N3OS.ClH/c1-14-6-7-15(21-14)4-2-5-16(20)18-8-3-11-19-12-9-17-10-13-19;/h6-7,17H,2-5,8-13H2,1H3,(H,18,20);1H. The summed E-state index contributed by atoms with van der Waals surface area (Å²) in [7, 11) is 0. The molecule has 22 heavy (non-hydrogen) atoms. The van der Waals surface area contributed by atoms with Crippen molar-refractivity contribution in [3.05, 3.63) is 21.9 Å². The lowest BCUT2D eigenvalue weighted by molar-refractivity contribution is -0.121. The Labute approximate surface area is 144 Å². The molecule has 0 spiro atoms. The largest absolute Gasteiger partial charge is 0.356 e. The molecule has 2 N–H and O–H groups in total. The van der Waals surface area contributed by atoms with E-state index >= 15 is 0 Å². The van der Waals surface area contributed by atoms with E-state index in [0.29, 0.717) is 6.42 Å². The maximum absolute atomic E-state index is 11.8. The van der Waals surface area contributed by atoms with Gasteiger partial charge in [0.25, 0.3) is 0 Å². The van der Waals surface area contributed by atoms with Crippen LogP contribution in [0.3, 0.4) is 0 Å². The number of halogens is 1. The molecule has 1 saturated heterocycles. The van der Waals surface area contributed by atoms with Crippen LogP contribution in [0.15, 0.2) is 12.1 Å². The molecule has 1 aromatic heterocycles. The summed E-state index contributed by atoms with van der Waals surface area (Å²) < 4.78 is 0. The molecular formula is C16H28ClN3OS. The first-order valence-electron chi connectivity index (χ1n) is 7.99. The number of amides is 1. The fraction of sp³-hybridized carbons (Fsp3) is 0.688. The van der Waals surface area contributed by atoms with Gasteiger partial charge in [0.05, 0.1) is 0 Å². The maximum Gasteiger partial charge on any atom is 0.220 e. The van der Waals surface area contributed by atoms with Gasteiger partial charge in [0.1, 0.15) is 0 Å². The Morgan fingerprint density at radius 1 is 1.32 bits per heavy atom. The molecule has 6 heteroatoms. The van der Waals surface area contributed by atoms with Gasteiger partial charge < -0.3 is 15.5 Å². The van der Waals surface area contributed by atoms with Crippen molar-refractivity contribution in [2.75, 3.05) is 39.3 Å². The number of aryl methyl sites for hydroxylation is 2. The molecule has 2 heterocycles. The lowest BCUT2D eigenvalue weighted by Gasteiger charge is -2.27. The van der Waals surface area contributed by atoms with Crippen molar-refractivity contribution in [1.29, 1.82) is 0 Å². The summed E-state index contributed by atoms with van der Waals surface area (Å²) in [5, 5.41) is 6.39. The number of piperazine rings is 1. The van der Waals surface area contributed by atoms with Gasteiger partial charge in [0, 0.05) is 48.9 Å². The van der Waals surface area contributed by atoms with Crippen LogP contribution in [-0.4, -0.2) is 50.1 Å². The summed E-state index contributed by atoms with van der Waals surface area (Å²) in [6.07, 6.45) is 3.66. The number of thiophene rings is 1. The molecule has 0 radical (unpaired) electrons. The molecule has 0 atom stereocenters. The Morgan fingerprint density at radius 3 is 2.77 bits per heavy atom. The van der Waals surface area contributed by atoms with Crippen LogP contribution < -0.4 is 10.6 Å². The van der Waals surface area contributed by atoms with Crippen LogP contribution >= 0.6 is 23.7 Å². The normalized spacial score (nSPS) is 15.3. The monoisotopic (exact) mass is 345 g/mol. The van der Waals surface area contributed by atoms with Crippen LogP contribution in [0.5, 0.6) is 0 Å². The van der Waals surface area contributed by atoms with Gasteiger partial charge in [-0.25, -0.2) is 0 Å². The first-order valence-corrected chi connectivity index (χ1v) is 8.81. The van der Waals surface area contributed by atoms with Crippen molar-refractivity contribution in [3.63, 3.8) is 0 Å². The minimum atomic E-state index is 0. The lowest BCUT2D eigenvalue weighted by Crippen LogP contribution is -2.44. The second kappa shape index (κ2) is 11.0. The van der Waals surface area contributed by atoms with E-state index in [2.05, 4.69) is 34.6 Å². The number of hydrogen-bond donors (Lipinski definition) is 2. The molecule has 0 unspecified atom stereocenters. The van der Waals surface area contributed by atoms with Crippen molar-refractivity contribution < 1.29 is 4.79 Å². The summed E-state index contributed by atoms with van der Waals surface area (Å²) in [6.45, 7) is 8.47. The van der Waals surface area contributed by atoms with Gasteiger partial charge in [-0.15, -0.1) is 23.7 Å². The summed E-state index contributed by atoms with van der Waals surface area (Å²) >= 11 is 1.83. The highest BCUT2D eigenvalue weighted by atomic mass is 35.5. The molecule has 4 nitrogen and oxygen atoms in total. The van der Waals surface area contributed by atoms with Crippen molar-refractivity contribution >= 4 is 29.7 Å². The van der Waals surface area contributed by atoms with Crippen LogP contribution in [0.4, 0.5) is 0 Å². The SMILES string of the molecule is Cc1ccc(CCCC(=O)NCCCN2CCNCC2)s1.Cl. The third kappa shape index (κ3) is 7.58. The van der Waals surface area contributed by atoms with E-state index in [9.17, 15) is 4.79 Å². The number of nitrogens with one attached hydrogen (secondary N) is 2. The summed E-state index contributed by atoms with van der Waals surface area (Å²) in [4.78, 5) is 17.0. The van der Waals surface area contributed by atoms with Crippen molar-refractivity contribution in [1.82, 2.24) is 15.5 Å².